The van der Waals surface area contributed by atoms with Crippen LogP contribution in [0.2, 0.25) is 0 Å². The van der Waals surface area contributed by atoms with E-state index in [0.29, 0.717) is 6.54 Å². The molecule has 0 bridgehead atoms. The molecule has 0 fully saturated rings. The molecule has 0 unspecified atom stereocenters. The van der Waals surface area contributed by atoms with E-state index >= 15 is 0 Å². The largest absolute Gasteiger partial charge is 0.508 e. The van der Waals surface area contributed by atoms with Crippen molar-refractivity contribution in [3.05, 3.63) is 23.2 Å². The smallest absolute Gasteiger partial charge is 0.309 e. The number of hydrogen-bond donors (Lipinski definition) is 2. The zero-order valence-corrected chi connectivity index (χ0v) is 9.62. The monoisotopic (exact) mass is 238 g/mol. The zero-order chi connectivity index (χ0) is 11.7. The van der Waals surface area contributed by atoms with Crippen molar-refractivity contribution in [1.29, 1.82) is 0 Å². The Balaban J connectivity index is 2.45. The number of hydrogen-bond acceptors (Lipinski definition) is 3. The average molecular weight is 238 g/mol. The number of aryl methyl sites for hydroxylation is 2. The maximum atomic E-state index is 10.5. The lowest BCUT2D eigenvalue weighted by Gasteiger charge is -1.94. The van der Waals surface area contributed by atoms with E-state index in [4.69, 9.17) is 5.11 Å². The van der Waals surface area contributed by atoms with E-state index in [1.807, 2.05) is 17.6 Å². The van der Waals surface area contributed by atoms with E-state index in [0.717, 1.165) is 15.2 Å². The molecule has 0 saturated carbocycles. The first kappa shape index (κ1) is 10.9. The second kappa shape index (κ2) is 4.09. The fraction of sp³-hybridized carbons (Fsp3) is 0.273. The van der Waals surface area contributed by atoms with Crippen LogP contribution in [-0.4, -0.2) is 16.2 Å². The van der Waals surface area contributed by atoms with Crippen LogP contribution < -0.4 is 4.57 Å². The Morgan fingerprint density at radius 1 is 1.50 bits per heavy atom. The standard InChI is InChI=1S/C11H11NO3S/c1-7-12(5-4-11(14)15)9-6-8(13)2-3-10(9)16-7/h2-3,6H,4-5H2,1H3,(H-,13,14,15)/p+1. The summed E-state index contributed by atoms with van der Waals surface area (Å²) >= 11 is 1.60. The number of carboxylic acid groups (broad SMARTS) is 1. The lowest BCUT2D eigenvalue weighted by atomic mass is 10.3. The van der Waals surface area contributed by atoms with Gasteiger partial charge < -0.3 is 10.2 Å². The summed E-state index contributed by atoms with van der Waals surface area (Å²) in [6, 6.07) is 5.15. The van der Waals surface area contributed by atoms with Crippen LogP contribution in [0.4, 0.5) is 0 Å². The molecule has 0 aliphatic heterocycles. The fourth-order valence-electron chi connectivity index (χ4n) is 1.67. The predicted molar refractivity (Wildman–Crippen MR) is 60.7 cm³/mol. The molecule has 0 atom stereocenters. The Labute approximate surface area is 96.4 Å². The minimum atomic E-state index is -0.814. The maximum absolute atomic E-state index is 10.5. The highest BCUT2D eigenvalue weighted by atomic mass is 32.1. The van der Waals surface area contributed by atoms with Gasteiger partial charge >= 0.3 is 5.97 Å². The molecule has 2 aromatic rings. The Kier molecular flexibility index (Phi) is 2.78. The van der Waals surface area contributed by atoms with Gasteiger partial charge in [-0.15, -0.1) is 0 Å². The van der Waals surface area contributed by atoms with Crippen LogP contribution in [0.3, 0.4) is 0 Å². The SMILES string of the molecule is Cc1sc2ccc(O)cc2[n+]1CCC(=O)O. The minimum absolute atomic E-state index is 0.0903. The summed E-state index contributed by atoms with van der Waals surface area (Å²) in [5.41, 5.74) is 0.892. The molecule has 1 aromatic carbocycles. The minimum Gasteiger partial charge on any atom is -0.508 e. The van der Waals surface area contributed by atoms with Gasteiger partial charge in [0, 0.05) is 6.92 Å². The predicted octanol–water partition coefficient (Wildman–Crippen LogP) is 1.68. The molecule has 84 valence electrons. The summed E-state index contributed by atoms with van der Waals surface area (Å²) in [4.78, 5) is 10.5. The van der Waals surface area contributed by atoms with Gasteiger partial charge in [-0.25, -0.2) is 0 Å². The third-order valence-electron chi connectivity index (χ3n) is 2.42. The van der Waals surface area contributed by atoms with E-state index in [9.17, 15) is 9.90 Å². The van der Waals surface area contributed by atoms with E-state index in [1.54, 1.807) is 23.5 Å². The van der Waals surface area contributed by atoms with Gasteiger partial charge in [0.15, 0.2) is 6.54 Å². The number of nitrogens with zero attached hydrogens (tertiary/aromatic N) is 1. The highest BCUT2D eigenvalue weighted by molar-refractivity contribution is 7.18. The third-order valence-corrected chi connectivity index (χ3v) is 3.50. The molecule has 0 saturated heterocycles. The molecule has 5 heteroatoms. The van der Waals surface area contributed by atoms with Gasteiger partial charge in [0.25, 0.3) is 0 Å². The molecule has 0 amide bonds. The van der Waals surface area contributed by atoms with Crippen LogP contribution in [0, 0.1) is 6.92 Å². The van der Waals surface area contributed by atoms with Crippen molar-refractivity contribution in [2.24, 2.45) is 0 Å². The Bertz CT molecular complexity index is 547. The van der Waals surface area contributed by atoms with Crippen molar-refractivity contribution >= 4 is 27.5 Å². The van der Waals surface area contributed by atoms with Crippen LogP contribution in [0.1, 0.15) is 11.4 Å². The van der Waals surface area contributed by atoms with Crippen molar-refractivity contribution in [3.63, 3.8) is 0 Å². The van der Waals surface area contributed by atoms with Gasteiger partial charge in [-0.05, 0) is 12.1 Å². The van der Waals surface area contributed by atoms with Gasteiger partial charge in [-0.1, -0.05) is 11.3 Å². The van der Waals surface area contributed by atoms with Crippen molar-refractivity contribution in [2.45, 2.75) is 19.9 Å². The molecule has 4 nitrogen and oxygen atoms in total. The zero-order valence-electron chi connectivity index (χ0n) is 8.80. The average Bonchev–Trinajstić information content (AvgIpc) is 2.51. The number of thiazole rings is 1. The normalized spacial score (nSPS) is 10.8. The summed E-state index contributed by atoms with van der Waals surface area (Å²) in [5.74, 6) is -0.610. The molecule has 2 N–H and O–H groups in total. The van der Waals surface area contributed by atoms with Crippen LogP contribution >= 0.6 is 11.3 Å². The molecule has 0 aliphatic rings. The van der Waals surface area contributed by atoms with Gasteiger partial charge in [0.2, 0.25) is 10.5 Å². The number of aliphatic carboxylic acids is 1. The number of carbonyl (C=O) groups is 1. The second-order valence-corrected chi connectivity index (χ2v) is 4.80. The summed E-state index contributed by atoms with van der Waals surface area (Å²) in [5, 5.41) is 19.1. The number of aromatic hydroxyl groups is 1. The lowest BCUT2D eigenvalue weighted by molar-refractivity contribution is -0.671. The maximum Gasteiger partial charge on any atom is 0.309 e. The van der Waals surface area contributed by atoms with Gasteiger partial charge in [-0.2, -0.15) is 4.57 Å². The Hall–Kier alpha value is -1.62. The fourth-order valence-corrected chi connectivity index (χ4v) is 2.70. The second-order valence-electron chi connectivity index (χ2n) is 3.57. The highest BCUT2D eigenvalue weighted by Crippen LogP contribution is 2.23. The summed E-state index contributed by atoms with van der Waals surface area (Å²) in [6.45, 7) is 2.38. The molecule has 0 aliphatic carbocycles. The number of benzene rings is 1. The number of phenols is 1. The molecule has 2 rings (SSSR count). The number of fused-ring (bicyclic) bond motifs is 1. The van der Waals surface area contributed by atoms with Crippen molar-refractivity contribution in [1.82, 2.24) is 0 Å². The lowest BCUT2D eigenvalue weighted by Crippen LogP contribution is -2.36. The first-order chi connectivity index (χ1) is 7.58. The van der Waals surface area contributed by atoms with E-state index in [1.165, 1.54) is 0 Å². The van der Waals surface area contributed by atoms with Crippen LogP contribution in [0.25, 0.3) is 10.2 Å². The molecule has 1 aromatic heterocycles. The molecule has 0 radical (unpaired) electrons. The molecule has 0 spiro atoms. The first-order valence-electron chi connectivity index (χ1n) is 4.91. The molecule has 16 heavy (non-hydrogen) atoms. The topological polar surface area (TPSA) is 61.4 Å². The molecular formula is C11H12NO3S+. The number of phenolic OH excluding ortho intramolecular Hbond substituents is 1. The Morgan fingerprint density at radius 3 is 2.94 bits per heavy atom. The van der Waals surface area contributed by atoms with E-state index < -0.39 is 5.97 Å². The molecule has 1 heterocycles. The first-order valence-corrected chi connectivity index (χ1v) is 5.73. The highest BCUT2D eigenvalue weighted by Gasteiger charge is 2.18. The van der Waals surface area contributed by atoms with Crippen molar-refractivity contribution < 1.29 is 19.6 Å². The van der Waals surface area contributed by atoms with E-state index in [2.05, 4.69) is 0 Å². The van der Waals surface area contributed by atoms with Gasteiger partial charge in [0.05, 0.1) is 6.07 Å². The Morgan fingerprint density at radius 2 is 2.25 bits per heavy atom. The van der Waals surface area contributed by atoms with E-state index in [-0.39, 0.29) is 12.2 Å². The third kappa shape index (κ3) is 1.99. The van der Waals surface area contributed by atoms with Crippen LogP contribution in [-0.2, 0) is 11.3 Å². The number of carboxylic acids is 1. The van der Waals surface area contributed by atoms with Crippen molar-refractivity contribution in [3.8, 4) is 5.75 Å². The van der Waals surface area contributed by atoms with Gasteiger partial charge in [0.1, 0.15) is 16.9 Å². The summed E-state index contributed by atoms with van der Waals surface area (Å²) in [7, 11) is 0. The summed E-state index contributed by atoms with van der Waals surface area (Å²) in [6.07, 6.45) is 0.0903. The van der Waals surface area contributed by atoms with Crippen LogP contribution in [0.15, 0.2) is 18.2 Å². The van der Waals surface area contributed by atoms with Crippen LogP contribution in [0.5, 0.6) is 5.75 Å². The number of aromatic nitrogens is 1. The molecular weight excluding hydrogens is 226 g/mol. The van der Waals surface area contributed by atoms with Crippen molar-refractivity contribution in [2.75, 3.05) is 0 Å². The van der Waals surface area contributed by atoms with Gasteiger partial charge in [-0.3, -0.25) is 4.79 Å². The number of rotatable bonds is 3. The summed E-state index contributed by atoms with van der Waals surface area (Å²) < 4.78 is 2.98. The quantitative estimate of drug-likeness (QED) is 0.800.